The highest BCUT2D eigenvalue weighted by Gasteiger charge is 2.35. The maximum atomic E-state index is 14.9. The molecule has 0 radical (unpaired) electrons. The first-order valence-electron chi connectivity index (χ1n) is 10.3. The molecule has 0 aliphatic carbocycles. The summed E-state index contributed by atoms with van der Waals surface area (Å²) >= 11 is 0. The van der Waals surface area contributed by atoms with Gasteiger partial charge in [0.25, 0.3) is 0 Å². The van der Waals surface area contributed by atoms with Crippen LogP contribution in [0.1, 0.15) is 24.8 Å². The predicted octanol–water partition coefficient (Wildman–Crippen LogP) is 4.20. The molecule has 1 aliphatic heterocycles. The number of hydrogen-bond donors (Lipinski definition) is 0. The van der Waals surface area contributed by atoms with Crippen LogP contribution < -0.4 is 4.90 Å². The fourth-order valence-electron chi connectivity index (χ4n) is 3.78. The van der Waals surface area contributed by atoms with E-state index in [4.69, 9.17) is 4.42 Å². The number of hydrogen-bond acceptors (Lipinski definition) is 5. The monoisotopic (exact) mass is 426 g/mol. The molecule has 1 saturated heterocycles. The second-order valence-electron chi connectivity index (χ2n) is 7.79. The third kappa shape index (κ3) is 4.64. The molecule has 6 nitrogen and oxygen atoms in total. The Hall–Kier alpha value is -3.13. The molecular formula is C23H24F2N4O2. The second kappa shape index (κ2) is 8.93. The molecule has 0 bridgehead atoms. The van der Waals surface area contributed by atoms with Crippen LogP contribution in [0.2, 0.25) is 0 Å². The van der Waals surface area contributed by atoms with Gasteiger partial charge in [-0.25, -0.2) is 8.78 Å². The van der Waals surface area contributed by atoms with Gasteiger partial charge in [-0.05, 0) is 43.3 Å². The van der Waals surface area contributed by atoms with E-state index in [2.05, 4.69) is 22.0 Å². The number of rotatable bonds is 7. The number of aryl methyl sites for hydroxylation is 1. The van der Waals surface area contributed by atoms with Crippen LogP contribution in [-0.4, -0.2) is 40.6 Å². The standard InChI is InChI=1S/C23H24F2N4O2/c1-3-9-28-12-18(13-28)23(30)29(20-6-4-5-19(24)11-20)14-17-8-7-16(10-21(17)25)22-27-26-15(2)31-22/h4-8,10-11,18H,3,9,12-14H2,1-2H3. The lowest BCUT2D eigenvalue weighted by atomic mass is 9.97. The number of aromatic nitrogens is 2. The Bertz CT molecular complexity index is 1080. The second-order valence-corrected chi connectivity index (χ2v) is 7.79. The Kier molecular flexibility index (Phi) is 6.08. The van der Waals surface area contributed by atoms with Crippen molar-refractivity contribution < 1.29 is 18.0 Å². The molecule has 0 unspecified atom stereocenters. The molecule has 31 heavy (non-hydrogen) atoms. The van der Waals surface area contributed by atoms with E-state index in [9.17, 15) is 13.6 Å². The van der Waals surface area contributed by atoms with Crippen molar-refractivity contribution in [1.82, 2.24) is 15.1 Å². The molecule has 1 amide bonds. The first-order valence-corrected chi connectivity index (χ1v) is 10.3. The molecule has 4 rings (SSSR count). The van der Waals surface area contributed by atoms with Crippen molar-refractivity contribution in [2.75, 3.05) is 24.5 Å². The summed E-state index contributed by atoms with van der Waals surface area (Å²) in [5, 5.41) is 7.66. The van der Waals surface area contributed by atoms with Crippen molar-refractivity contribution in [3.05, 3.63) is 65.6 Å². The van der Waals surface area contributed by atoms with Crippen LogP contribution in [0.15, 0.2) is 46.9 Å². The predicted molar refractivity (Wildman–Crippen MR) is 112 cm³/mol. The van der Waals surface area contributed by atoms with Crippen molar-refractivity contribution in [2.24, 2.45) is 5.92 Å². The van der Waals surface area contributed by atoms with E-state index in [1.165, 1.54) is 23.1 Å². The van der Waals surface area contributed by atoms with Gasteiger partial charge in [-0.2, -0.15) is 0 Å². The molecule has 3 aromatic rings. The number of carbonyl (C=O) groups excluding carboxylic acids is 1. The topological polar surface area (TPSA) is 62.5 Å². The van der Waals surface area contributed by atoms with Crippen LogP contribution >= 0.6 is 0 Å². The number of carbonyl (C=O) groups is 1. The van der Waals surface area contributed by atoms with Crippen molar-refractivity contribution in [3.8, 4) is 11.5 Å². The summed E-state index contributed by atoms with van der Waals surface area (Å²) in [6.07, 6.45) is 1.02. The summed E-state index contributed by atoms with van der Waals surface area (Å²) < 4.78 is 34.1. The normalized spacial score (nSPS) is 14.5. The third-order valence-electron chi connectivity index (χ3n) is 5.39. The average Bonchev–Trinajstić information content (AvgIpc) is 3.15. The minimum Gasteiger partial charge on any atom is -0.421 e. The maximum absolute atomic E-state index is 14.9. The summed E-state index contributed by atoms with van der Waals surface area (Å²) in [5.41, 5.74) is 1.19. The van der Waals surface area contributed by atoms with Crippen LogP contribution in [0.25, 0.3) is 11.5 Å². The zero-order valence-electron chi connectivity index (χ0n) is 17.5. The molecule has 8 heteroatoms. The highest BCUT2D eigenvalue weighted by molar-refractivity contribution is 5.95. The lowest BCUT2D eigenvalue weighted by Crippen LogP contribution is -2.54. The molecular weight excluding hydrogens is 402 g/mol. The fourth-order valence-corrected chi connectivity index (χ4v) is 3.78. The SMILES string of the molecule is CCCN1CC(C(=O)N(Cc2ccc(-c3nnc(C)o3)cc2F)c2cccc(F)c2)C1. The van der Waals surface area contributed by atoms with Crippen LogP contribution in [0.5, 0.6) is 0 Å². The van der Waals surface area contributed by atoms with Crippen LogP contribution in [0.3, 0.4) is 0 Å². The van der Waals surface area contributed by atoms with E-state index in [-0.39, 0.29) is 24.3 Å². The summed E-state index contributed by atoms with van der Waals surface area (Å²) in [6, 6.07) is 10.4. The van der Waals surface area contributed by atoms with E-state index in [0.717, 1.165) is 13.0 Å². The Morgan fingerprint density at radius 3 is 2.65 bits per heavy atom. The van der Waals surface area contributed by atoms with Crippen molar-refractivity contribution in [2.45, 2.75) is 26.8 Å². The Labute approximate surface area is 179 Å². The average molecular weight is 426 g/mol. The largest absolute Gasteiger partial charge is 0.421 e. The van der Waals surface area contributed by atoms with Gasteiger partial charge in [0.1, 0.15) is 11.6 Å². The number of nitrogens with zero attached hydrogens (tertiary/aromatic N) is 4. The summed E-state index contributed by atoms with van der Waals surface area (Å²) in [7, 11) is 0. The van der Waals surface area contributed by atoms with Gasteiger partial charge in [-0.3, -0.25) is 4.79 Å². The van der Waals surface area contributed by atoms with Crippen molar-refractivity contribution >= 4 is 11.6 Å². The quantitative estimate of drug-likeness (QED) is 0.567. The van der Waals surface area contributed by atoms with Gasteiger partial charge < -0.3 is 14.2 Å². The van der Waals surface area contributed by atoms with Gasteiger partial charge in [-0.1, -0.05) is 19.1 Å². The highest BCUT2D eigenvalue weighted by atomic mass is 19.1. The van der Waals surface area contributed by atoms with E-state index in [1.54, 1.807) is 31.2 Å². The number of anilines is 1. The fraction of sp³-hybridized carbons (Fsp3) is 0.348. The molecule has 2 aromatic carbocycles. The van der Waals surface area contributed by atoms with E-state index in [0.29, 0.717) is 35.8 Å². The molecule has 0 N–H and O–H groups in total. The Morgan fingerprint density at radius 2 is 2.00 bits per heavy atom. The number of likely N-dealkylation sites (tertiary alicyclic amines) is 1. The van der Waals surface area contributed by atoms with Gasteiger partial charge in [0.05, 0.1) is 12.5 Å². The Balaban J connectivity index is 1.58. The first kappa shape index (κ1) is 21.1. The third-order valence-corrected chi connectivity index (χ3v) is 5.39. The molecule has 162 valence electrons. The number of benzene rings is 2. The minimum atomic E-state index is -0.497. The van der Waals surface area contributed by atoms with Gasteiger partial charge in [0.2, 0.25) is 17.7 Å². The van der Waals surface area contributed by atoms with E-state index >= 15 is 0 Å². The van der Waals surface area contributed by atoms with Gasteiger partial charge >= 0.3 is 0 Å². The van der Waals surface area contributed by atoms with Gasteiger partial charge in [0, 0.05) is 36.8 Å². The van der Waals surface area contributed by atoms with Crippen LogP contribution in [0.4, 0.5) is 14.5 Å². The molecule has 0 spiro atoms. The summed E-state index contributed by atoms with van der Waals surface area (Å²) in [6.45, 7) is 6.02. The molecule has 1 aliphatic rings. The highest BCUT2D eigenvalue weighted by Crippen LogP contribution is 2.27. The smallest absolute Gasteiger partial charge is 0.247 e. The van der Waals surface area contributed by atoms with Crippen molar-refractivity contribution in [3.63, 3.8) is 0 Å². The Morgan fingerprint density at radius 1 is 1.19 bits per heavy atom. The van der Waals surface area contributed by atoms with E-state index in [1.807, 2.05) is 0 Å². The van der Waals surface area contributed by atoms with Crippen LogP contribution in [-0.2, 0) is 11.3 Å². The number of halogens is 2. The summed E-state index contributed by atoms with van der Waals surface area (Å²) in [5.74, 6) is -0.637. The molecule has 2 heterocycles. The van der Waals surface area contributed by atoms with Crippen LogP contribution in [0, 0.1) is 24.5 Å². The lowest BCUT2D eigenvalue weighted by Gasteiger charge is -2.40. The summed E-state index contributed by atoms with van der Waals surface area (Å²) in [4.78, 5) is 16.9. The lowest BCUT2D eigenvalue weighted by molar-refractivity contribution is -0.127. The maximum Gasteiger partial charge on any atom is 0.247 e. The molecule has 1 aromatic heterocycles. The zero-order chi connectivity index (χ0) is 22.0. The zero-order valence-corrected chi connectivity index (χ0v) is 17.5. The number of amides is 1. The first-order chi connectivity index (χ1) is 14.9. The minimum absolute atomic E-state index is 0.00153. The van der Waals surface area contributed by atoms with Gasteiger partial charge in [0.15, 0.2) is 0 Å². The molecule has 0 saturated carbocycles. The molecule has 0 atom stereocenters. The molecule has 1 fully saturated rings. The van der Waals surface area contributed by atoms with Gasteiger partial charge in [-0.15, -0.1) is 10.2 Å². The van der Waals surface area contributed by atoms with Crippen molar-refractivity contribution in [1.29, 1.82) is 0 Å². The van der Waals surface area contributed by atoms with E-state index < -0.39 is 11.6 Å².